The Morgan fingerprint density at radius 2 is 2.05 bits per heavy atom. The van der Waals surface area contributed by atoms with E-state index in [1.807, 2.05) is 22.8 Å². The van der Waals surface area contributed by atoms with E-state index in [4.69, 9.17) is 5.73 Å². The largest absolute Gasteiger partial charge is 0.384 e. The Hall–Kier alpha value is -1.69. The molecule has 0 spiro atoms. The molecule has 0 aliphatic heterocycles. The lowest BCUT2D eigenvalue weighted by Crippen LogP contribution is -2.23. The molecular weight excluding hydrogens is 258 g/mol. The lowest BCUT2D eigenvalue weighted by Gasteiger charge is -2.22. The molecule has 0 amide bonds. The van der Waals surface area contributed by atoms with E-state index in [0.717, 1.165) is 17.3 Å². The zero-order valence-electron chi connectivity index (χ0n) is 11.7. The summed E-state index contributed by atoms with van der Waals surface area (Å²) in [6.45, 7) is 6.94. The number of aromatic nitrogens is 3. The van der Waals surface area contributed by atoms with Crippen molar-refractivity contribution >= 4 is 23.0 Å². The molecule has 2 aromatic rings. The van der Waals surface area contributed by atoms with Crippen molar-refractivity contribution in [2.75, 3.05) is 17.7 Å². The average Bonchev–Trinajstić information content (AvgIpc) is 2.79. The predicted octanol–water partition coefficient (Wildman–Crippen LogP) is 2.45. The molecule has 0 aliphatic rings. The average molecular weight is 277 g/mol. The Kier molecular flexibility index (Phi) is 3.71. The standard InChI is InChI=1S/C13H19N5S/c1-13(2,3)12-16-10(14)5-11(17-12)18(4)6-9-7-19-8-15-9/h5,7-8H,6H2,1-4H3,(H2,14,16,17). The summed E-state index contributed by atoms with van der Waals surface area (Å²) in [4.78, 5) is 15.2. The fraction of sp³-hybridized carbons (Fsp3) is 0.462. The van der Waals surface area contributed by atoms with Gasteiger partial charge in [0.15, 0.2) is 0 Å². The first kappa shape index (κ1) is 13.7. The van der Waals surface area contributed by atoms with Crippen molar-refractivity contribution in [2.45, 2.75) is 32.7 Å². The molecule has 2 heterocycles. The number of thiazole rings is 1. The maximum Gasteiger partial charge on any atom is 0.138 e. The topological polar surface area (TPSA) is 67.9 Å². The van der Waals surface area contributed by atoms with Gasteiger partial charge in [0.2, 0.25) is 0 Å². The van der Waals surface area contributed by atoms with Crippen molar-refractivity contribution in [1.82, 2.24) is 15.0 Å². The van der Waals surface area contributed by atoms with Crippen molar-refractivity contribution < 1.29 is 0 Å². The van der Waals surface area contributed by atoms with Crippen molar-refractivity contribution in [3.63, 3.8) is 0 Å². The Labute approximate surface area is 117 Å². The van der Waals surface area contributed by atoms with Gasteiger partial charge in [-0.25, -0.2) is 15.0 Å². The summed E-state index contributed by atoms with van der Waals surface area (Å²) in [6, 6.07) is 1.79. The zero-order valence-corrected chi connectivity index (χ0v) is 12.5. The highest BCUT2D eigenvalue weighted by Gasteiger charge is 2.19. The molecule has 2 N–H and O–H groups in total. The predicted molar refractivity (Wildman–Crippen MR) is 79.4 cm³/mol. The van der Waals surface area contributed by atoms with E-state index in [0.29, 0.717) is 12.4 Å². The summed E-state index contributed by atoms with van der Waals surface area (Å²) in [5, 5.41) is 2.03. The highest BCUT2D eigenvalue weighted by atomic mass is 32.1. The maximum absolute atomic E-state index is 5.88. The van der Waals surface area contributed by atoms with Crippen LogP contribution in [0.3, 0.4) is 0 Å². The van der Waals surface area contributed by atoms with Gasteiger partial charge in [-0.15, -0.1) is 11.3 Å². The molecule has 5 nitrogen and oxygen atoms in total. The summed E-state index contributed by atoms with van der Waals surface area (Å²) < 4.78 is 0. The molecule has 0 radical (unpaired) electrons. The summed E-state index contributed by atoms with van der Waals surface area (Å²) in [5.74, 6) is 2.08. The van der Waals surface area contributed by atoms with E-state index in [1.54, 1.807) is 17.4 Å². The highest BCUT2D eigenvalue weighted by molar-refractivity contribution is 7.07. The third-order valence-electron chi connectivity index (χ3n) is 2.68. The first-order chi connectivity index (χ1) is 8.86. The molecule has 6 heteroatoms. The SMILES string of the molecule is CN(Cc1cscn1)c1cc(N)nc(C(C)(C)C)n1. The Bertz CT molecular complexity index is 545. The van der Waals surface area contributed by atoms with E-state index < -0.39 is 0 Å². The molecule has 0 aliphatic carbocycles. The molecule has 2 rings (SSSR count). The first-order valence-electron chi connectivity index (χ1n) is 6.09. The molecule has 102 valence electrons. The second kappa shape index (κ2) is 5.13. The van der Waals surface area contributed by atoms with Gasteiger partial charge in [-0.2, -0.15) is 0 Å². The summed E-state index contributed by atoms with van der Waals surface area (Å²) in [6.07, 6.45) is 0. The van der Waals surface area contributed by atoms with Crippen LogP contribution in [0.2, 0.25) is 0 Å². The Morgan fingerprint density at radius 1 is 1.32 bits per heavy atom. The van der Waals surface area contributed by atoms with Gasteiger partial charge in [0, 0.05) is 23.9 Å². The van der Waals surface area contributed by atoms with Crippen molar-refractivity contribution in [1.29, 1.82) is 0 Å². The van der Waals surface area contributed by atoms with Crippen LogP contribution in [0.25, 0.3) is 0 Å². The van der Waals surface area contributed by atoms with Gasteiger partial charge in [0.1, 0.15) is 17.5 Å². The minimum absolute atomic E-state index is 0.119. The van der Waals surface area contributed by atoms with Gasteiger partial charge in [0.25, 0.3) is 0 Å². The molecule has 0 unspecified atom stereocenters. The number of nitrogens with two attached hydrogens (primary N) is 1. The molecule has 0 fully saturated rings. The minimum atomic E-state index is -0.119. The van der Waals surface area contributed by atoms with Crippen LogP contribution >= 0.6 is 11.3 Å². The summed E-state index contributed by atoms with van der Waals surface area (Å²) in [7, 11) is 1.98. The van der Waals surface area contributed by atoms with E-state index in [1.165, 1.54) is 0 Å². The number of nitrogens with zero attached hydrogens (tertiary/aromatic N) is 4. The quantitative estimate of drug-likeness (QED) is 0.933. The highest BCUT2D eigenvalue weighted by Crippen LogP contribution is 2.23. The summed E-state index contributed by atoms with van der Waals surface area (Å²) >= 11 is 1.59. The number of rotatable bonds is 3. The van der Waals surface area contributed by atoms with Crippen LogP contribution in [0.1, 0.15) is 32.3 Å². The van der Waals surface area contributed by atoms with Crippen LogP contribution in [-0.2, 0) is 12.0 Å². The van der Waals surface area contributed by atoms with Crippen LogP contribution in [0.4, 0.5) is 11.6 Å². The normalized spacial score (nSPS) is 11.6. The minimum Gasteiger partial charge on any atom is -0.384 e. The van der Waals surface area contributed by atoms with Crippen LogP contribution in [0.15, 0.2) is 17.0 Å². The first-order valence-corrected chi connectivity index (χ1v) is 7.04. The molecule has 2 aromatic heterocycles. The number of anilines is 2. The van der Waals surface area contributed by atoms with Gasteiger partial charge in [-0.1, -0.05) is 20.8 Å². The molecule has 0 atom stereocenters. The lowest BCUT2D eigenvalue weighted by molar-refractivity contribution is 0.545. The van der Waals surface area contributed by atoms with E-state index in [-0.39, 0.29) is 5.41 Å². The van der Waals surface area contributed by atoms with Gasteiger partial charge in [0.05, 0.1) is 17.7 Å². The number of hydrogen-bond acceptors (Lipinski definition) is 6. The Morgan fingerprint density at radius 3 is 2.63 bits per heavy atom. The maximum atomic E-state index is 5.88. The van der Waals surface area contributed by atoms with Crippen LogP contribution in [-0.4, -0.2) is 22.0 Å². The third-order valence-corrected chi connectivity index (χ3v) is 3.31. The monoisotopic (exact) mass is 277 g/mol. The lowest BCUT2D eigenvalue weighted by atomic mass is 9.96. The molecular formula is C13H19N5S. The second-order valence-electron chi connectivity index (χ2n) is 5.56. The van der Waals surface area contributed by atoms with Crippen LogP contribution < -0.4 is 10.6 Å². The second-order valence-corrected chi connectivity index (χ2v) is 6.28. The smallest absolute Gasteiger partial charge is 0.138 e. The van der Waals surface area contributed by atoms with Gasteiger partial charge < -0.3 is 10.6 Å². The van der Waals surface area contributed by atoms with E-state index >= 15 is 0 Å². The van der Waals surface area contributed by atoms with Gasteiger partial charge in [-0.3, -0.25) is 0 Å². The Balaban J connectivity index is 2.26. The molecule has 0 saturated carbocycles. The van der Waals surface area contributed by atoms with Crippen molar-refractivity contribution in [3.8, 4) is 0 Å². The fourth-order valence-corrected chi connectivity index (χ4v) is 2.17. The zero-order chi connectivity index (χ0) is 14.0. The van der Waals surface area contributed by atoms with E-state index in [2.05, 4.69) is 35.7 Å². The number of nitrogen functional groups attached to an aromatic ring is 1. The molecule has 19 heavy (non-hydrogen) atoms. The third kappa shape index (κ3) is 3.41. The van der Waals surface area contributed by atoms with Gasteiger partial charge in [-0.05, 0) is 0 Å². The molecule has 0 bridgehead atoms. The van der Waals surface area contributed by atoms with Crippen molar-refractivity contribution in [3.05, 3.63) is 28.5 Å². The molecule has 0 aromatic carbocycles. The van der Waals surface area contributed by atoms with Crippen LogP contribution in [0.5, 0.6) is 0 Å². The van der Waals surface area contributed by atoms with Crippen molar-refractivity contribution in [2.24, 2.45) is 0 Å². The van der Waals surface area contributed by atoms with E-state index in [9.17, 15) is 0 Å². The molecule has 0 saturated heterocycles. The summed E-state index contributed by atoms with van der Waals surface area (Å²) in [5.41, 5.74) is 8.62. The number of hydrogen-bond donors (Lipinski definition) is 1. The van der Waals surface area contributed by atoms with Crippen LogP contribution in [0, 0.1) is 0 Å². The fourth-order valence-electron chi connectivity index (χ4n) is 1.62. The van der Waals surface area contributed by atoms with Gasteiger partial charge >= 0.3 is 0 Å².